The first-order valence-corrected chi connectivity index (χ1v) is 11.6. The average Bonchev–Trinajstić information content (AvgIpc) is 3.19. The van der Waals surface area contributed by atoms with Crippen LogP contribution in [0, 0.1) is 6.92 Å². The SMILES string of the molecule is COCCN(CC(=O)N1CCc2sccc2C1COc1ccc(C)cc1)CC(C)(C)O. The van der Waals surface area contributed by atoms with E-state index >= 15 is 0 Å². The first-order valence-electron chi connectivity index (χ1n) is 10.8. The summed E-state index contributed by atoms with van der Waals surface area (Å²) in [6, 6.07) is 9.99. The number of carbonyl (C=O) groups excluding carboxylic acids is 1. The average molecular weight is 447 g/mol. The summed E-state index contributed by atoms with van der Waals surface area (Å²) < 4.78 is 11.3. The van der Waals surface area contributed by atoms with Gasteiger partial charge in [0.1, 0.15) is 12.4 Å². The summed E-state index contributed by atoms with van der Waals surface area (Å²) in [5, 5.41) is 12.4. The van der Waals surface area contributed by atoms with E-state index in [9.17, 15) is 9.90 Å². The van der Waals surface area contributed by atoms with Crippen LogP contribution in [0.15, 0.2) is 35.7 Å². The molecule has 1 atom stereocenters. The molecule has 2 aromatic rings. The molecule has 170 valence electrons. The van der Waals surface area contributed by atoms with E-state index in [0.29, 0.717) is 32.8 Å². The Hall–Kier alpha value is -1.93. The fraction of sp³-hybridized carbons (Fsp3) is 0.542. The normalized spacial score (nSPS) is 16.5. The van der Waals surface area contributed by atoms with E-state index in [4.69, 9.17) is 9.47 Å². The molecule has 0 saturated heterocycles. The summed E-state index contributed by atoms with van der Waals surface area (Å²) >= 11 is 1.75. The van der Waals surface area contributed by atoms with Crippen LogP contribution < -0.4 is 4.74 Å². The Bertz CT molecular complexity index is 844. The molecule has 0 radical (unpaired) electrons. The lowest BCUT2D eigenvalue weighted by Crippen LogP contribution is -2.49. The maximum atomic E-state index is 13.4. The van der Waals surface area contributed by atoms with Crippen molar-refractivity contribution in [2.45, 2.75) is 38.8 Å². The van der Waals surface area contributed by atoms with Crippen molar-refractivity contribution < 1.29 is 19.4 Å². The largest absolute Gasteiger partial charge is 0.491 e. The number of benzene rings is 1. The Balaban J connectivity index is 1.73. The lowest BCUT2D eigenvalue weighted by molar-refractivity contribution is -0.137. The monoisotopic (exact) mass is 446 g/mol. The highest BCUT2D eigenvalue weighted by atomic mass is 32.1. The highest BCUT2D eigenvalue weighted by Gasteiger charge is 2.33. The number of ether oxygens (including phenoxy) is 2. The highest BCUT2D eigenvalue weighted by Crippen LogP contribution is 2.34. The van der Waals surface area contributed by atoms with Gasteiger partial charge in [0.15, 0.2) is 0 Å². The minimum absolute atomic E-state index is 0.0507. The molecule has 1 unspecified atom stereocenters. The van der Waals surface area contributed by atoms with E-state index in [0.717, 1.165) is 12.2 Å². The fourth-order valence-electron chi connectivity index (χ4n) is 3.95. The predicted octanol–water partition coefficient (Wildman–Crippen LogP) is 3.28. The minimum Gasteiger partial charge on any atom is -0.491 e. The molecule has 0 bridgehead atoms. The van der Waals surface area contributed by atoms with Gasteiger partial charge in [0.2, 0.25) is 5.91 Å². The van der Waals surface area contributed by atoms with Crippen LogP contribution in [0.2, 0.25) is 0 Å². The van der Waals surface area contributed by atoms with E-state index in [1.54, 1.807) is 32.3 Å². The number of aryl methyl sites for hydroxylation is 1. The fourth-order valence-corrected chi connectivity index (χ4v) is 4.88. The lowest BCUT2D eigenvalue weighted by Gasteiger charge is -2.37. The molecule has 0 saturated carbocycles. The van der Waals surface area contributed by atoms with Crippen molar-refractivity contribution in [3.05, 3.63) is 51.7 Å². The van der Waals surface area contributed by atoms with Gasteiger partial charge < -0.3 is 19.5 Å². The summed E-state index contributed by atoms with van der Waals surface area (Å²) in [5.74, 6) is 0.860. The first-order chi connectivity index (χ1) is 14.8. The summed E-state index contributed by atoms with van der Waals surface area (Å²) in [6.07, 6.45) is 0.864. The molecule has 0 spiro atoms. The number of thiophene rings is 1. The molecular formula is C24H34N2O4S. The Labute approximate surface area is 189 Å². The van der Waals surface area contributed by atoms with Gasteiger partial charge in [-0.25, -0.2) is 0 Å². The molecule has 6 nitrogen and oxygen atoms in total. The molecule has 3 rings (SSSR count). The van der Waals surface area contributed by atoms with Crippen molar-refractivity contribution >= 4 is 17.2 Å². The van der Waals surface area contributed by atoms with Gasteiger partial charge >= 0.3 is 0 Å². The maximum Gasteiger partial charge on any atom is 0.237 e. The second kappa shape index (κ2) is 10.6. The van der Waals surface area contributed by atoms with Gasteiger partial charge in [0.05, 0.1) is 24.8 Å². The zero-order valence-corrected chi connectivity index (χ0v) is 19.8. The van der Waals surface area contributed by atoms with E-state index < -0.39 is 5.60 Å². The molecule has 7 heteroatoms. The van der Waals surface area contributed by atoms with Crippen LogP contribution in [0.4, 0.5) is 0 Å². The summed E-state index contributed by atoms with van der Waals surface area (Å²) in [6.45, 7) is 8.41. The van der Waals surface area contributed by atoms with Crippen LogP contribution in [0.3, 0.4) is 0 Å². The number of carbonyl (C=O) groups is 1. The Kier molecular flexibility index (Phi) is 8.11. The number of rotatable bonds is 10. The molecule has 0 aliphatic carbocycles. The molecule has 1 N–H and O–H groups in total. The molecule has 0 fully saturated rings. The number of amides is 1. The van der Waals surface area contributed by atoms with Crippen LogP contribution in [-0.2, 0) is 16.0 Å². The third-order valence-corrected chi connectivity index (χ3v) is 6.42. The van der Waals surface area contributed by atoms with Crippen LogP contribution in [-0.4, -0.2) is 72.9 Å². The van der Waals surface area contributed by atoms with Gasteiger partial charge in [0, 0.05) is 31.6 Å². The quantitative estimate of drug-likeness (QED) is 0.607. The number of aliphatic hydroxyl groups is 1. The second-order valence-corrected chi connectivity index (χ2v) is 9.79. The number of methoxy groups -OCH3 is 1. The van der Waals surface area contributed by atoms with Gasteiger partial charge in [-0.2, -0.15) is 0 Å². The maximum absolute atomic E-state index is 13.4. The molecule has 1 aliphatic rings. The van der Waals surface area contributed by atoms with Crippen molar-refractivity contribution in [1.29, 1.82) is 0 Å². The Morgan fingerprint density at radius 1 is 1.29 bits per heavy atom. The summed E-state index contributed by atoms with van der Waals surface area (Å²) in [7, 11) is 1.64. The Morgan fingerprint density at radius 2 is 2.03 bits per heavy atom. The minimum atomic E-state index is -0.885. The van der Waals surface area contributed by atoms with Gasteiger partial charge in [-0.05, 0) is 56.3 Å². The molecule has 1 aromatic heterocycles. The van der Waals surface area contributed by atoms with Gasteiger partial charge in [-0.3, -0.25) is 9.69 Å². The van der Waals surface area contributed by atoms with E-state index in [1.165, 1.54) is 16.0 Å². The molecule has 1 aromatic carbocycles. The van der Waals surface area contributed by atoms with Crippen LogP contribution in [0.1, 0.15) is 35.9 Å². The third-order valence-electron chi connectivity index (χ3n) is 5.43. The first kappa shape index (κ1) is 23.7. The van der Waals surface area contributed by atoms with E-state index in [2.05, 4.69) is 11.4 Å². The van der Waals surface area contributed by atoms with Gasteiger partial charge in [-0.15, -0.1) is 11.3 Å². The molecule has 1 amide bonds. The summed E-state index contributed by atoms with van der Waals surface area (Å²) in [5.41, 5.74) is 1.48. The smallest absolute Gasteiger partial charge is 0.237 e. The number of fused-ring (bicyclic) bond motifs is 1. The van der Waals surface area contributed by atoms with Crippen molar-refractivity contribution in [2.75, 3.05) is 46.5 Å². The number of nitrogens with zero attached hydrogens (tertiary/aromatic N) is 2. The van der Waals surface area contributed by atoms with Gasteiger partial charge in [-0.1, -0.05) is 17.7 Å². The van der Waals surface area contributed by atoms with Crippen molar-refractivity contribution in [3.63, 3.8) is 0 Å². The number of hydrogen-bond donors (Lipinski definition) is 1. The summed E-state index contributed by atoms with van der Waals surface area (Å²) in [4.78, 5) is 18.6. The van der Waals surface area contributed by atoms with Crippen molar-refractivity contribution in [3.8, 4) is 5.75 Å². The van der Waals surface area contributed by atoms with Crippen molar-refractivity contribution in [1.82, 2.24) is 9.80 Å². The number of hydrogen-bond acceptors (Lipinski definition) is 6. The van der Waals surface area contributed by atoms with Crippen LogP contribution in [0.5, 0.6) is 5.75 Å². The van der Waals surface area contributed by atoms with E-state index in [1.807, 2.05) is 41.0 Å². The second-order valence-electron chi connectivity index (χ2n) is 8.79. The molecule has 1 aliphatic heterocycles. The van der Waals surface area contributed by atoms with Gasteiger partial charge in [0.25, 0.3) is 0 Å². The van der Waals surface area contributed by atoms with Crippen LogP contribution >= 0.6 is 11.3 Å². The third kappa shape index (κ3) is 6.77. The molecular weight excluding hydrogens is 412 g/mol. The zero-order valence-electron chi connectivity index (χ0n) is 19.0. The van der Waals surface area contributed by atoms with E-state index in [-0.39, 0.29) is 18.5 Å². The lowest BCUT2D eigenvalue weighted by atomic mass is 10.00. The van der Waals surface area contributed by atoms with Crippen molar-refractivity contribution in [2.24, 2.45) is 0 Å². The standard InChI is InChI=1S/C24H34N2O4S/c1-18-5-7-19(8-6-18)30-16-21-20-10-14-31-22(20)9-11-26(21)23(27)15-25(12-13-29-4)17-24(2,3)28/h5-8,10,14,21,28H,9,11-13,15-17H2,1-4H3. The molecule has 31 heavy (non-hydrogen) atoms. The molecule has 2 heterocycles. The predicted molar refractivity (Wildman–Crippen MR) is 124 cm³/mol. The Morgan fingerprint density at radius 3 is 2.71 bits per heavy atom. The van der Waals surface area contributed by atoms with Crippen LogP contribution in [0.25, 0.3) is 0 Å². The highest BCUT2D eigenvalue weighted by molar-refractivity contribution is 7.10. The zero-order chi connectivity index (χ0) is 22.4. The topological polar surface area (TPSA) is 62.2 Å².